The average molecular weight is 349 g/mol. The van der Waals surface area contributed by atoms with E-state index in [1.54, 1.807) is 17.6 Å². The zero-order valence-electron chi connectivity index (χ0n) is 15.0. The standard InChI is InChI=1S/C18H28N4OS/c1-5-19-18(20-11-14(2)15-8-10-24-13-15)21-12-16(22(3)4)17-7-6-9-23-17/h6-10,13-14,16H,5,11-12H2,1-4H3,(H2,19,20,21). The molecule has 6 heteroatoms. The van der Waals surface area contributed by atoms with Crippen molar-refractivity contribution in [1.82, 2.24) is 15.5 Å². The minimum atomic E-state index is 0.165. The first-order valence-electron chi connectivity index (χ1n) is 8.36. The molecule has 0 aliphatic heterocycles. The van der Waals surface area contributed by atoms with Crippen LogP contribution in [0.15, 0.2) is 44.6 Å². The Hall–Kier alpha value is -1.79. The van der Waals surface area contributed by atoms with E-state index in [9.17, 15) is 0 Å². The number of guanidine groups is 1. The number of nitrogens with zero attached hydrogens (tertiary/aromatic N) is 2. The Balaban J connectivity index is 1.95. The Kier molecular flexibility index (Phi) is 7.34. The lowest BCUT2D eigenvalue weighted by atomic mass is 10.1. The van der Waals surface area contributed by atoms with Crippen molar-refractivity contribution in [3.8, 4) is 0 Å². The molecule has 2 aromatic rings. The highest BCUT2D eigenvalue weighted by Crippen LogP contribution is 2.19. The molecule has 5 nitrogen and oxygen atoms in total. The summed E-state index contributed by atoms with van der Waals surface area (Å²) in [6.45, 7) is 6.63. The molecule has 0 saturated carbocycles. The van der Waals surface area contributed by atoms with E-state index < -0.39 is 0 Å². The zero-order chi connectivity index (χ0) is 17.4. The molecule has 0 bridgehead atoms. The molecular formula is C18H28N4OS. The third-order valence-electron chi connectivity index (χ3n) is 3.94. The van der Waals surface area contributed by atoms with Crippen LogP contribution in [0.25, 0.3) is 0 Å². The number of rotatable bonds is 8. The van der Waals surface area contributed by atoms with Gasteiger partial charge in [-0.3, -0.25) is 9.89 Å². The molecule has 132 valence electrons. The molecule has 2 N–H and O–H groups in total. The number of nitrogens with one attached hydrogen (secondary N) is 2. The average Bonchev–Trinajstić information content (AvgIpc) is 3.25. The summed E-state index contributed by atoms with van der Waals surface area (Å²) in [7, 11) is 4.11. The largest absolute Gasteiger partial charge is 0.468 e. The SMILES string of the molecule is CCNC(=NCC(C)c1ccsc1)NCC(c1ccco1)N(C)C. The molecule has 0 spiro atoms. The molecule has 2 unspecified atom stereocenters. The van der Waals surface area contributed by atoms with E-state index in [0.717, 1.165) is 31.4 Å². The van der Waals surface area contributed by atoms with E-state index in [4.69, 9.17) is 9.41 Å². The number of thiophene rings is 1. The van der Waals surface area contributed by atoms with Crippen molar-refractivity contribution in [2.75, 3.05) is 33.7 Å². The summed E-state index contributed by atoms with van der Waals surface area (Å²) in [6.07, 6.45) is 1.72. The number of hydrogen-bond donors (Lipinski definition) is 2. The van der Waals surface area contributed by atoms with E-state index in [2.05, 4.69) is 60.3 Å². The first-order valence-corrected chi connectivity index (χ1v) is 9.30. The molecule has 0 aromatic carbocycles. The van der Waals surface area contributed by atoms with E-state index in [0.29, 0.717) is 5.92 Å². The summed E-state index contributed by atoms with van der Waals surface area (Å²) in [6, 6.07) is 6.27. The molecule has 0 saturated heterocycles. The molecule has 0 amide bonds. The summed E-state index contributed by atoms with van der Waals surface area (Å²) in [4.78, 5) is 6.87. The third-order valence-corrected chi connectivity index (χ3v) is 4.64. The fourth-order valence-corrected chi connectivity index (χ4v) is 3.22. The van der Waals surface area contributed by atoms with Crippen LogP contribution in [0.2, 0.25) is 0 Å². The van der Waals surface area contributed by atoms with Crippen LogP contribution in [0.1, 0.15) is 37.1 Å². The monoisotopic (exact) mass is 348 g/mol. The molecule has 24 heavy (non-hydrogen) atoms. The second-order valence-electron chi connectivity index (χ2n) is 6.05. The second kappa shape index (κ2) is 9.49. The summed E-state index contributed by atoms with van der Waals surface area (Å²) in [5, 5.41) is 11.1. The molecule has 2 atom stereocenters. The van der Waals surface area contributed by atoms with Crippen LogP contribution in [0.4, 0.5) is 0 Å². The van der Waals surface area contributed by atoms with Gasteiger partial charge in [-0.2, -0.15) is 11.3 Å². The number of furan rings is 1. The van der Waals surface area contributed by atoms with Gasteiger partial charge >= 0.3 is 0 Å². The van der Waals surface area contributed by atoms with Crippen LogP contribution >= 0.6 is 11.3 Å². The van der Waals surface area contributed by atoms with Crippen LogP contribution < -0.4 is 10.6 Å². The smallest absolute Gasteiger partial charge is 0.191 e. The van der Waals surface area contributed by atoms with E-state index in [1.807, 2.05) is 12.1 Å². The Morgan fingerprint density at radius 1 is 1.33 bits per heavy atom. The zero-order valence-corrected chi connectivity index (χ0v) is 15.8. The predicted octanol–water partition coefficient (Wildman–Crippen LogP) is 3.30. The highest BCUT2D eigenvalue weighted by molar-refractivity contribution is 7.07. The molecule has 2 heterocycles. The number of likely N-dealkylation sites (N-methyl/N-ethyl adjacent to an activating group) is 1. The van der Waals surface area contributed by atoms with Crippen molar-refractivity contribution in [1.29, 1.82) is 0 Å². The van der Waals surface area contributed by atoms with Gasteiger partial charge < -0.3 is 15.1 Å². The predicted molar refractivity (Wildman–Crippen MR) is 102 cm³/mol. The Labute approximate surface area is 148 Å². The normalized spacial score (nSPS) is 14.6. The van der Waals surface area contributed by atoms with Gasteiger partial charge in [-0.25, -0.2) is 0 Å². The van der Waals surface area contributed by atoms with E-state index in [1.165, 1.54) is 5.56 Å². The molecule has 0 aliphatic rings. The van der Waals surface area contributed by atoms with Crippen LogP contribution in [-0.4, -0.2) is 44.6 Å². The van der Waals surface area contributed by atoms with Crippen LogP contribution in [0.5, 0.6) is 0 Å². The van der Waals surface area contributed by atoms with Crippen molar-refractivity contribution >= 4 is 17.3 Å². The van der Waals surface area contributed by atoms with Crippen molar-refractivity contribution in [3.05, 3.63) is 46.5 Å². The highest BCUT2D eigenvalue weighted by atomic mass is 32.1. The first kappa shape index (κ1) is 18.5. The van der Waals surface area contributed by atoms with Crippen molar-refractivity contribution < 1.29 is 4.42 Å². The molecule has 2 rings (SSSR count). The molecule has 0 radical (unpaired) electrons. The molecular weight excluding hydrogens is 320 g/mol. The molecule has 0 aliphatic carbocycles. The maximum atomic E-state index is 5.56. The molecule has 2 aromatic heterocycles. The summed E-state index contributed by atoms with van der Waals surface area (Å²) >= 11 is 1.73. The third kappa shape index (κ3) is 5.39. The highest BCUT2D eigenvalue weighted by Gasteiger charge is 2.17. The van der Waals surface area contributed by atoms with Gasteiger partial charge in [0.05, 0.1) is 12.3 Å². The Morgan fingerprint density at radius 2 is 2.17 bits per heavy atom. The second-order valence-corrected chi connectivity index (χ2v) is 6.83. The Bertz CT molecular complexity index is 593. The van der Waals surface area contributed by atoms with Crippen LogP contribution in [0, 0.1) is 0 Å². The molecule has 0 fully saturated rings. The summed E-state index contributed by atoms with van der Waals surface area (Å²) in [5.41, 5.74) is 1.35. The first-order chi connectivity index (χ1) is 11.6. The topological polar surface area (TPSA) is 52.8 Å². The van der Waals surface area contributed by atoms with E-state index >= 15 is 0 Å². The van der Waals surface area contributed by atoms with Crippen molar-refractivity contribution in [3.63, 3.8) is 0 Å². The van der Waals surface area contributed by atoms with Crippen LogP contribution in [0.3, 0.4) is 0 Å². The van der Waals surface area contributed by atoms with Gasteiger partial charge in [-0.1, -0.05) is 6.92 Å². The maximum Gasteiger partial charge on any atom is 0.191 e. The minimum Gasteiger partial charge on any atom is -0.468 e. The van der Waals surface area contributed by atoms with Crippen molar-refractivity contribution in [2.24, 2.45) is 4.99 Å². The van der Waals surface area contributed by atoms with Gasteiger partial charge in [-0.05, 0) is 55.5 Å². The number of aliphatic imine (C=N–C) groups is 1. The van der Waals surface area contributed by atoms with Gasteiger partial charge in [0, 0.05) is 25.6 Å². The van der Waals surface area contributed by atoms with Gasteiger partial charge in [0.15, 0.2) is 5.96 Å². The fourth-order valence-electron chi connectivity index (χ4n) is 2.44. The fraction of sp³-hybridized carbons (Fsp3) is 0.500. The van der Waals surface area contributed by atoms with Gasteiger partial charge in [0.2, 0.25) is 0 Å². The lowest BCUT2D eigenvalue weighted by Gasteiger charge is -2.24. The maximum absolute atomic E-state index is 5.56. The summed E-state index contributed by atoms with van der Waals surface area (Å²) < 4.78 is 5.56. The number of hydrogen-bond acceptors (Lipinski definition) is 4. The summed E-state index contributed by atoms with van der Waals surface area (Å²) in [5.74, 6) is 2.22. The lowest BCUT2D eigenvalue weighted by Crippen LogP contribution is -2.41. The van der Waals surface area contributed by atoms with E-state index in [-0.39, 0.29) is 6.04 Å². The quantitative estimate of drug-likeness (QED) is 0.568. The lowest BCUT2D eigenvalue weighted by molar-refractivity contribution is 0.258. The van der Waals surface area contributed by atoms with Gasteiger partial charge in [0.1, 0.15) is 5.76 Å². The van der Waals surface area contributed by atoms with Gasteiger partial charge in [0.25, 0.3) is 0 Å². The van der Waals surface area contributed by atoms with Gasteiger partial charge in [-0.15, -0.1) is 0 Å². The minimum absolute atomic E-state index is 0.165. The Morgan fingerprint density at radius 3 is 2.75 bits per heavy atom. The van der Waals surface area contributed by atoms with Crippen molar-refractivity contribution in [2.45, 2.75) is 25.8 Å². The van der Waals surface area contributed by atoms with Crippen LogP contribution in [-0.2, 0) is 0 Å².